The summed E-state index contributed by atoms with van der Waals surface area (Å²) < 4.78 is 5.65. The van der Waals surface area contributed by atoms with Gasteiger partial charge in [-0.15, -0.1) is 11.3 Å². The minimum Gasteiger partial charge on any atom is -0.374 e. The maximum Gasteiger partial charge on any atom is 0.0850 e. The molecule has 4 nitrogen and oxygen atoms in total. The van der Waals surface area contributed by atoms with Crippen molar-refractivity contribution in [2.75, 3.05) is 26.2 Å². The Hall–Kier alpha value is -0.490. The minimum absolute atomic E-state index is 0.114. The van der Waals surface area contributed by atoms with Crippen LogP contribution in [-0.2, 0) is 11.2 Å². The molecule has 2 atom stereocenters. The Balaban J connectivity index is 1.81. The lowest BCUT2D eigenvalue weighted by molar-refractivity contribution is -0.0371. The molecular weight excluding hydrogens is 234 g/mol. The second kappa shape index (κ2) is 5.91. The van der Waals surface area contributed by atoms with Crippen molar-refractivity contribution in [1.29, 1.82) is 0 Å². The van der Waals surface area contributed by atoms with Crippen LogP contribution in [0.2, 0.25) is 0 Å². The van der Waals surface area contributed by atoms with Crippen molar-refractivity contribution in [3.63, 3.8) is 0 Å². The number of ether oxygens (including phenoxy) is 1. The lowest BCUT2D eigenvalue weighted by atomic mass is 10.1. The quantitative estimate of drug-likeness (QED) is 0.873. The van der Waals surface area contributed by atoms with Crippen molar-refractivity contribution in [3.8, 4) is 0 Å². The molecule has 0 bridgehead atoms. The summed E-state index contributed by atoms with van der Waals surface area (Å²) in [5.74, 6) is 0. The van der Waals surface area contributed by atoms with Gasteiger partial charge in [-0.2, -0.15) is 0 Å². The zero-order valence-electron chi connectivity index (χ0n) is 10.6. The van der Waals surface area contributed by atoms with Gasteiger partial charge in [0.05, 0.1) is 23.9 Å². The molecule has 2 heterocycles. The summed E-state index contributed by atoms with van der Waals surface area (Å²) >= 11 is 1.75. The average molecular weight is 255 g/mol. The fraction of sp³-hybridized carbons (Fsp3) is 0.750. The number of aryl methyl sites for hydroxylation is 1. The SMILES string of the molecule is Cc1ncsc1CCN1CCOC(C(C)N)C1. The van der Waals surface area contributed by atoms with Crippen LogP contribution in [0.4, 0.5) is 0 Å². The molecule has 1 fully saturated rings. The fourth-order valence-corrected chi connectivity index (χ4v) is 2.85. The smallest absolute Gasteiger partial charge is 0.0850 e. The molecule has 0 radical (unpaired) electrons. The molecule has 0 amide bonds. The summed E-state index contributed by atoms with van der Waals surface area (Å²) in [6.45, 7) is 7.94. The van der Waals surface area contributed by atoms with Gasteiger partial charge in [-0.05, 0) is 20.3 Å². The van der Waals surface area contributed by atoms with Crippen LogP contribution in [0.5, 0.6) is 0 Å². The highest BCUT2D eigenvalue weighted by molar-refractivity contribution is 7.09. The van der Waals surface area contributed by atoms with E-state index in [0.29, 0.717) is 0 Å². The van der Waals surface area contributed by atoms with Gasteiger partial charge in [0.1, 0.15) is 0 Å². The zero-order chi connectivity index (χ0) is 12.3. The lowest BCUT2D eigenvalue weighted by Crippen LogP contribution is -2.49. The molecule has 17 heavy (non-hydrogen) atoms. The number of nitrogens with two attached hydrogens (primary N) is 1. The van der Waals surface area contributed by atoms with E-state index in [1.807, 2.05) is 12.4 Å². The van der Waals surface area contributed by atoms with E-state index in [9.17, 15) is 0 Å². The Kier molecular flexibility index (Phi) is 4.50. The Bertz CT molecular complexity index is 353. The first-order chi connectivity index (χ1) is 8.16. The van der Waals surface area contributed by atoms with Crippen LogP contribution in [0.15, 0.2) is 5.51 Å². The molecule has 2 N–H and O–H groups in total. The van der Waals surface area contributed by atoms with Crippen molar-refractivity contribution >= 4 is 11.3 Å². The van der Waals surface area contributed by atoms with E-state index in [1.165, 1.54) is 10.6 Å². The molecular formula is C12H21N3OS. The Morgan fingerprint density at radius 3 is 3.18 bits per heavy atom. The number of rotatable bonds is 4. The van der Waals surface area contributed by atoms with Gasteiger partial charge in [-0.3, -0.25) is 4.90 Å². The van der Waals surface area contributed by atoms with Gasteiger partial charge in [0, 0.05) is 30.6 Å². The molecule has 0 aromatic carbocycles. The molecule has 2 unspecified atom stereocenters. The summed E-state index contributed by atoms with van der Waals surface area (Å²) in [4.78, 5) is 8.12. The van der Waals surface area contributed by atoms with E-state index in [2.05, 4.69) is 16.8 Å². The molecule has 0 spiro atoms. The van der Waals surface area contributed by atoms with Gasteiger partial charge in [-0.1, -0.05) is 0 Å². The maximum atomic E-state index is 5.88. The van der Waals surface area contributed by atoms with Crippen LogP contribution in [-0.4, -0.2) is 48.3 Å². The Morgan fingerprint density at radius 2 is 2.53 bits per heavy atom. The highest BCUT2D eigenvalue weighted by Gasteiger charge is 2.23. The summed E-state index contributed by atoms with van der Waals surface area (Å²) in [5.41, 5.74) is 8.98. The topological polar surface area (TPSA) is 51.4 Å². The number of hydrogen-bond acceptors (Lipinski definition) is 5. The van der Waals surface area contributed by atoms with Crippen LogP contribution >= 0.6 is 11.3 Å². The molecule has 1 aromatic heterocycles. The molecule has 96 valence electrons. The van der Waals surface area contributed by atoms with E-state index in [0.717, 1.165) is 32.7 Å². The molecule has 1 saturated heterocycles. The summed E-state index contributed by atoms with van der Waals surface area (Å²) in [7, 11) is 0. The van der Waals surface area contributed by atoms with Gasteiger partial charge in [0.15, 0.2) is 0 Å². The average Bonchev–Trinajstić information content (AvgIpc) is 2.72. The van der Waals surface area contributed by atoms with Crippen molar-refractivity contribution in [2.45, 2.75) is 32.4 Å². The number of morpholine rings is 1. The second-order valence-corrected chi connectivity index (χ2v) is 5.62. The maximum absolute atomic E-state index is 5.88. The molecule has 1 aliphatic heterocycles. The van der Waals surface area contributed by atoms with Gasteiger partial charge in [0.2, 0.25) is 0 Å². The van der Waals surface area contributed by atoms with Crippen LogP contribution in [0, 0.1) is 6.92 Å². The van der Waals surface area contributed by atoms with Crippen LogP contribution < -0.4 is 5.73 Å². The minimum atomic E-state index is 0.114. The van der Waals surface area contributed by atoms with Crippen molar-refractivity contribution in [3.05, 3.63) is 16.1 Å². The van der Waals surface area contributed by atoms with E-state index in [4.69, 9.17) is 10.5 Å². The van der Waals surface area contributed by atoms with Crippen LogP contribution in [0.1, 0.15) is 17.5 Å². The largest absolute Gasteiger partial charge is 0.374 e. The normalized spacial score (nSPS) is 23.8. The summed E-state index contributed by atoms with van der Waals surface area (Å²) in [6, 6.07) is 0.114. The first kappa shape index (κ1) is 13.0. The highest BCUT2D eigenvalue weighted by Crippen LogP contribution is 2.14. The van der Waals surface area contributed by atoms with E-state index >= 15 is 0 Å². The Morgan fingerprint density at radius 1 is 1.71 bits per heavy atom. The third-order valence-corrected chi connectivity index (χ3v) is 4.26. The van der Waals surface area contributed by atoms with Crippen molar-refractivity contribution in [1.82, 2.24) is 9.88 Å². The van der Waals surface area contributed by atoms with Gasteiger partial charge in [0.25, 0.3) is 0 Å². The van der Waals surface area contributed by atoms with E-state index in [1.54, 1.807) is 11.3 Å². The lowest BCUT2D eigenvalue weighted by Gasteiger charge is -2.34. The molecule has 0 aliphatic carbocycles. The van der Waals surface area contributed by atoms with Crippen LogP contribution in [0.3, 0.4) is 0 Å². The molecule has 1 aromatic rings. The number of aromatic nitrogens is 1. The monoisotopic (exact) mass is 255 g/mol. The summed E-state index contributed by atoms with van der Waals surface area (Å²) in [5, 5.41) is 0. The van der Waals surface area contributed by atoms with Gasteiger partial charge in [-0.25, -0.2) is 4.98 Å². The first-order valence-electron chi connectivity index (χ1n) is 6.15. The first-order valence-corrected chi connectivity index (χ1v) is 7.03. The Labute approximate surface area is 107 Å². The standard InChI is InChI=1S/C12H21N3OS/c1-9(13)11-7-15(5-6-16-11)4-3-12-10(2)14-8-17-12/h8-9,11H,3-7,13H2,1-2H3. The number of nitrogens with zero attached hydrogens (tertiary/aromatic N) is 2. The van der Waals surface area contributed by atoms with E-state index < -0.39 is 0 Å². The van der Waals surface area contributed by atoms with Gasteiger partial charge >= 0.3 is 0 Å². The third-order valence-electron chi connectivity index (χ3n) is 3.26. The highest BCUT2D eigenvalue weighted by atomic mass is 32.1. The molecule has 1 aliphatic rings. The molecule has 2 rings (SSSR count). The van der Waals surface area contributed by atoms with Crippen molar-refractivity contribution in [2.24, 2.45) is 5.73 Å². The third kappa shape index (κ3) is 3.48. The predicted octanol–water partition coefficient (Wildman–Crippen LogP) is 1.04. The van der Waals surface area contributed by atoms with Crippen molar-refractivity contribution < 1.29 is 4.74 Å². The number of thiazole rings is 1. The number of hydrogen-bond donors (Lipinski definition) is 1. The summed E-state index contributed by atoms with van der Waals surface area (Å²) in [6.07, 6.45) is 1.27. The zero-order valence-corrected chi connectivity index (χ0v) is 11.4. The van der Waals surface area contributed by atoms with Gasteiger partial charge < -0.3 is 10.5 Å². The van der Waals surface area contributed by atoms with E-state index in [-0.39, 0.29) is 12.1 Å². The molecule has 0 saturated carbocycles. The second-order valence-electron chi connectivity index (χ2n) is 4.68. The molecule has 5 heteroatoms. The fourth-order valence-electron chi connectivity index (χ4n) is 2.08. The van der Waals surface area contributed by atoms with Crippen LogP contribution in [0.25, 0.3) is 0 Å². The predicted molar refractivity (Wildman–Crippen MR) is 70.4 cm³/mol.